The number of carboxylic acids is 1. The van der Waals surface area contributed by atoms with Crippen molar-refractivity contribution < 1.29 is 18.3 Å². The van der Waals surface area contributed by atoms with Crippen LogP contribution in [0.25, 0.3) is 10.9 Å². The molecule has 2 aromatic rings. The molecule has 0 saturated heterocycles. The molecule has 106 valence electrons. The van der Waals surface area contributed by atoms with Crippen LogP contribution in [0.2, 0.25) is 0 Å². The molecule has 20 heavy (non-hydrogen) atoms. The summed E-state index contributed by atoms with van der Waals surface area (Å²) >= 11 is 0. The van der Waals surface area contributed by atoms with Crippen LogP contribution < -0.4 is 4.72 Å². The van der Waals surface area contributed by atoms with E-state index in [1.165, 1.54) is 19.9 Å². The van der Waals surface area contributed by atoms with Gasteiger partial charge in [-0.1, -0.05) is 6.07 Å². The number of fused-ring (bicyclic) bond motifs is 1. The molecule has 1 heterocycles. The Hall–Kier alpha value is -1.99. The number of pyridine rings is 1. The molecule has 0 bridgehead atoms. The predicted octanol–water partition coefficient (Wildman–Crippen LogP) is 1.38. The van der Waals surface area contributed by atoms with Crippen molar-refractivity contribution in [2.24, 2.45) is 0 Å². The van der Waals surface area contributed by atoms with Gasteiger partial charge in [0.25, 0.3) is 0 Å². The molecule has 6 nitrogen and oxygen atoms in total. The van der Waals surface area contributed by atoms with E-state index in [1.54, 1.807) is 30.5 Å². The second kappa shape index (κ2) is 4.84. The topological polar surface area (TPSA) is 96.4 Å². The molecule has 1 aromatic heterocycles. The van der Waals surface area contributed by atoms with E-state index >= 15 is 0 Å². The minimum absolute atomic E-state index is 0.0115. The summed E-state index contributed by atoms with van der Waals surface area (Å²) in [5.41, 5.74) is -1.06. The van der Waals surface area contributed by atoms with E-state index in [1.807, 2.05) is 0 Å². The zero-order chi connectivity index (χ0) is 15.0. The van der Waals surface area contributed by atoms with Crippen molar-refractivity contribution in [3.05, 3.63) is 36.5 Å². The van der Waals surface area contributed by atoms with E-state index in [0.29, 0.717) is 10.9 Å². The lowest BCUT2D eigenvalue weighted by atomic mass is 10.1. The Morgan fingerprint density at radius 2 is 1.95 bits per heavy atom. The smallest absolute Gasteiger partial charge is 0.324 e. The number of hydrogen-bond donors (Lipinski definition) is 2. The molecule has 0 radical (unpaired) electrons. The van der Waals surface area contributed by atoms with Crippen LogP contribution >= 0.6 is 0 Å². The average molecular weight is 294 g/mol. The molecule has 0 saturated carbocycles. The first kappa shape index (κ1) is 14.4. The lowest BCUT2D eigenvalue weighted by Crippen LogP contribution is -2.49. The van der Waals surface area contributed by atoms with Crippen LogP contribution in [0.15, 0.2) is 41.4 Å². The molecule has 0 unspecified atom stereocenters. The highest BCUT2D eigenvalue weighted by Gasteiger charge is 2.33. The van der Waals surface area contributed by atoms with Crippen molar-refractivity contribution in [3.8, 4) is 0 Å². The molecule has 7 heteroatoms. The second-order valence-corrected chi connectivity index (χ2v) is 6.51. The first-order valence-corrected chi connectivity index (χ1v) is 7.33. The van der Waals surface area contributed by atoms with Gasteiger partial charge in [0.2, 0.25) is 10.0 Å². The van der Waals surface area contributed by atoms with Crippen molar-refractivity contribution in [2.75, 3.05) is 0 Å². The molecular formula is C13H14N2O4S. The van der Waals surface area contributed by atoms with Gasteiger partial charge in [0, 0.05) is 11.6 Å². The molecule has 0 fully saturated rings. The number of rotatable bonds is 4. The van der Waals surface area contributed by atoms with Gasteiger partial charge in [-0.25, -0.2) is 8.42 Å². The van der Waals surface area contributed by atoms with Crippen LogP contribution in [-0.4, -0.2) is 30.0 Å². The normalized spacial score (nSPS) is 12.5. The van der Waals surface area contributed by atoms with Crippen molar-refractivity contribution in [3.63, 3.8) is 0 Å². The van der Waals surface area contributed by atoms with Gasteiger partial charge < -0.3 is 5.11 Å². The SMILES string of the molecule is CC(C)(NS(=O)(=O)c1cccc2ncccc12)C(=O)O. The number of sulfonamides is 1. The minimum atomic E-state index is -3.96. The third kappa shape index (κ3) is 2.63. The minimum Gasteiger partial charge on any atom is -0.480 e. The third-order valence-electron chi connectivity index (χ3n) is 2.82. The Labute approximate surface area is 116 Å². The summed E-state index contributed by atoms with van der Waals surface area (Å²) in [6.45, 7) is 2.58. The standard InChI is InChI=1S/C13H14N2O4S/c1-13(2,12(16)17)15-20(18,19)11-7-3-6-10-9(11)5-4-8-14-10/h3-8,15H,1-2H3,(H,16,17). The fraction of sp³-hybridized carbons (Fsp3) is 0.231. The zero-order valence-corrected chi connectivity index (χ0v) is 11.8. The monoisotopic (exact) mass is 294 g/mol. The van der Waals surface area contributed by atoms with Crippen molar-refractivity contribution >= 4 is 26.9 Å². The van der Waals surface area contributed by atoms with Crippen LogP contribution in [-0.2, 0) is 14.8 Å². The van der Waals surface area contributed by atoms with E-state index in [2.05, 4.69) is 9.71 Å². The van der Waals surface area contributed by atoms with E-state index in [9.17, 15) is 13.2 Å². The van der Waals surface area contributed by atoms with E-state index in [-0.39, 0.29) is 4.90 Å². The number of carbonyl (C=O) groups is 1. The molecule has 0 aliphatic heterocycles. The van der Waals surface area contributed by atoms with Gasteiger partial charge in [-0.05, 0) is 38.1 Å². The summed E-state index contributed by atoms with van der Waals surface area (Å²) in [5, 5.41) is 9.47. The van der Waals surface area contributed by atoms with Gasteiger partial charge in [0.1, 0.15) is 5.54 Å². The molecule has 0 aliphatic rings. The summed E-state index contributed by atoms with van der Waals surface area (Å²) in [6.07, 6.45) is 1.56. The number of carboxylic acid groups (broad SMARTS) is 1. The largest absolute Gasteiger partial charge is 0.480 e. The van der Waals surface area contributed by atoms with Crippen molar-refractivity contribution in [1.29, 1.82) is 0 Å². The third-order valence-corrected chi connectivity index (χ3v) is 4.53. The molecule has 0 amide bonds. The highest BCUT2D eigenvalue weighted by atomic mass is 32.2. The van der Waals surface area contributed by atoms with Crippen LogP contribution in [0.5, 0.6) is 0 Å². The van der Waals surface area contributed by atoms with Gasteiger partial charge in [-0.15, -0.1) is 0 Å². The summed E-state index contributed by atoms with van der Waals surface area (Å²) < 4.78 is 26.9. The highest BCUT2D eigenvalue weighted by Crippen LogP contribution is 2.22. The Morgan fingerprint density at radius 3 is 2.60 bits per heavy atom. The quantitative estimate of drug-likeness (QED) is 0.888. The van der Waals surface area contributed by atoms with Crippen molar-refractivity contribution in [1.82, 2.24) is 9.71 Å². The molecule has 0 atom stereocenters. The lowest BCUT2D eigenvalue weighted by molar-refractivity contribution is -0.142. The van der Waals surface area contributed by atoms with Crippen LogP contribution in [0, 0.1) is 0 Å². The first-order valence-electron chi connectivity index (χ1n) is 5.85. The van der Waals surface area contributed by atoms with Gasteiger partial charge >= 0.3 is 5.97 Å². The van der Waals surface area contributed by atoms with Gasteiger partial charge in [0.15, 0.2) is 0 Å². The average Bonchev–Trinajstić information content (AvgIpc) is 2.36. The van der Waals surface area contributed by atoms with E-state index in [4.69, 9.17) is 5.11 Å². The fourth-order valence-electron chi connectivity index (χ4n) is 1.74. The number of aliphatic carboxylic acids is 1. The molecule has 0 aliphatic carbocycles. The Morgan fingerprint density at radius 1 is 1.25 bits per heavy atom. The van der Waals surface area contributed by atoms with Crippen LogP contribution in [0.4, 0.5) is 0 Å². The maximum Gasteiger partial charge on any atom is 0.324 e. The Kier molecular flexibility index (Phi) is 3.49. The Bertz CT molecular complexity index is 764. The lowest BCUT2D eigenvalue weighted by Gasteiger charge is -2.21. The highest BCUT2D eigenvalue weighted by molar-refractivity contribution is 7.89. The first-order chi connectivity index (χ1) is 9.24. The van der Waals surface area contributed by atoms with Gasteiger partial charge in [0.05, 0.1) is 10.4 Å². The molecule has 1 aromatic carbocycles. The number of aromatic nitrogens is 1. The molecule has 0 spiro atoms. The number of nitrogens with zero attached hydrogens (tertiary/aromatic N) is 1. The summed E-state index contributed by atoms with van der Waals surface area (Å²) in [6, 6.07) is 7.94. The van der Waals surface area contributed by atoms with E-state index < -0.39 is 21.5 Å². The van der Waals surface area contributed by atoms with Crippen LogP contribution in [0.3, 0.4) is 0 Å². The maximum absolute atomic E-state index is 12.4. The molecule has 2 N–H and O–H groups in total. The predicted molar refractivity (Wildman–Crippen MR) is 73.8 cm³/mol. The molecular weight excluding hydrogens is 280 g/mol. The number of nitrogens with one attached hydrogen (secondary N) is 1. The van der Waals surface area contributed by atoms with Gasteiger partial charge in [-0.2, -0.15) is 4.72 Å². The fourth-order valence-corrected chi connectivity index (χ4v) is 3.33. The van der Waals surface area contributed by atoms with Gasteiger partial charge in [-0.3, -0.25) is 9.78 Å². The summed E-state index contributed by atoms with van der Waals surface area (Å²) in [7, 11) is -3.96. The Balaban J connectivity index is 2.56. The number of hydrogen-bond acceptors (Lipinski definition) is 4. The molecule has 2 rings (SSSR count). The van der Waals surface area contributed by atoms with Crippen LogP contribution in [0.1, 0.15) is 13.8 Å². The summed E-state index contributed by atoms with van der Waals surface area (Å²) in [5.74, 6) is -1.25. The zero-order valence-electron chi connectivity index (χ0n) is 11.0. The summed E-state index contributed by atoms with van der Waals surface area (Å²) in [4.78, 5) is 15.1. The second-order valence-electron chi connectivity index (χ2n) is 4.86. The van der Waals surface area contributed by atoms with E-state index in [0.717, 1.165) is 0 Å². The van der Waals surface area contributed by atoms with Crippen molar-refractivity contribution in [2.45, 2.75) is 24.3 Å². The number of benzene rings is 1. The maximum atomic E-state index is 12.4.